The van der Waals surface area contributed by atoms with Crippen LogP contribution >= 0.6 is 59.1 Å². The Kier molecular flexibility index (Phi) is 7.03. The van der Waals surface area contributed by atoms with Crippen molar-refractivity contribution in [2.75, 3.05) is 7.11 Å². The summed E-state index contributed by atoms with van der Waals surface area (Å²) >= 11 is 12.8. The second-order valence-corrected chi connectivity index (χ2v) is 14.4. The van der Waals surface area contributed by atoms with Gasteiger partial charge in [-0.05, 0) is 112 Å². The number of aromatic nitrogens is 1. The van der Waals surface area contributed by atoms with E-state index in [4.69, 9.17) is 10.5 Å². The Morgan fingerprint density at radius 1 is 1.37 bits per heavy atom. The Morgan fingerprint density at radius 2 is 2.11 bits per heavy atom. The van der Waals surface area contributed by atoms with Gasteiger partial charge in [0.15, 0.2) is 5.78 Å². The highest BCUT2D eigenvalue weighted by Crippen LogP contribution is 2.64. The zero-order valence-electron chi connectivity index (χ0n) is 19.9. The summed E-state index contributed by atoms with van der Waals surface area (Å²) in [6.07, 6.45) is 6.14. The number of Topliss-reactive ketones (excluding diaryl/α,β-unsaturated/α-hetero) is 1. The number of nitrogens with zero attached hydrogens (tertiary/aromatic N) is 1. The van der Waals surface area contributed by atoms with Crippen molar-refractivity contribution < 1.29 is 14.3 Å². The van der Waals surface area contributed by atoms with E-state index in [1.54, 1.807) is 13.3 Å². The average Bonchev–Trinajstić information content (AvgIpc) is 3.32. The summed E-state index contributed by atoms with van der Waals surface area (Å²) in [7, 11) is 1.69. The second kappa shape index (κ2) is 9.52. The standard InChI is InChI=1S/C26H29Br3N2O3S/c1-11-10-31-25(35-11)17(24(30)33)8-16-19-13-4-5-14-15(9-18(27)22(34-3)20(14)28)12(13)6-7-26(19,2)23(32)21(16)29/h9-10,12-13,16-17,19,21H,4-8H2,1-3H3,(H2,30,33)/t12?,13?,16-,17?,19?,21?,26-/m0/s1. The van der Waals surface area contributed by atoms with E-state index in [0.29, 0.717) is 18.3 Å². The van der Waals surface area contributed by atoms with E-state index in [2.05, 4.69) is 65.8 Å². The van der Waals surface area contributed by atoms with Crippen LogP contribution in [0, 0.1) is 30.1 Å². The van der Waals surface area contributed by atoms with E-state index in [1.807, 2.05) is 6.92 Å². The summed E-state index contributed by atoms with van der Waals surface area (Å²) in [6, 6.07) is 2.22. The number of carbonyl (C=O) groups excluding carboxylic acids is 2. The number of hydrogen-bond acceptors (Lipinski definition) is 5. The molecule has 0 saturated heterocycles. The van der Waals surface area contributed by atoms with Gasteiger partial charge in [-0.25, -0.2) is 4.98 Å². The van der Waals surface area contributed by atoms with Gasteiger partial charge in [-0.2, -0.15) is 0 Å². The summed E-state index contributed by atoms with van der Waals surface area (Å²) in [4.78, 5) is 31.5. The third kappa shape index (κ3) is 4.07. The van der Waals surface area contributed by atoms with Crippen molar-refractivity contribution in [1.29, 1.82) is 0 Å². The van der Waals surface area contributed by atoms with Crippen molar-refractivity contribution in [2.45, 2.75) is 62.6 Å². The molecule has 1 heterocycles. The van der Waals surface area contributed by atoms with Gasteiger partial charge in [0.25, 0.3) is 0 Å². The molecule has 188 valence electrons. The van der Waals surface area contributed by atoms with Gasteiger partial charge in [-0.15, -0.1) is 11.3 Å². The Morgan fingerprint density at radius 3 is 2.74 bits per heavy atom. The molecule has 35 heavy (non-hydrogen) atoms. The van der Waals surface area contributed by atoms with Gasteiger partial charge in [0, 0.05) is 16.5 Å². The van der Waals surface area contributed by atoms with Crippen LogP contribution in [0.2, 0.25) is 0 Å². The lowest BCUT2D eigenvalue weighted by Crippen LogP contribution is -2.44. The number of hydrogen-bond donors (Lipinski definition) is 1. The van der Waals surface area contributed by atoms with Crippen LogP contribution in [-0.2, 0) is 16.0 Å². The van der Waals surface area contributed by atoms with Crippen LogP contribution in [-0.4, -0.2) is 28.6 Å². The zero-order chi connectivity index (χ0) is 25.2. The number of methoxy groups -OCH3 is 1. The minimum Gasteiger partial charge on any atom is -0.494 e. The summed E-state index contributed by atoms with van der Waals surface area (Å²) in [5.41, 5.74) is 8.18. The van der Waals surface area contributed by atoms with Gasteiger partial charge in [-0.1, -0.05) is 22.9 Å². The molecule has 1 aromatic carbocycles. The number of rotatable bonds is 5. The molecule has 1 amide bonds. The largest absolute Gasteiger partial charge is 0.494 e. The van der Waals surface area contributed by atoms with E-state index >= 15 is 0 Å². The van der Waals surface area contributed by atoms with Crippen LogP contribution in [0.3, 0.4) is 0 Å². The quantitative estimate of drug-likeness (QED) is 0.356. The van der Waals surface area contributed by atoms with E-state index in [1.165, 1.54) is 22.5 Å². The maximum atomic E-state index is 13.7. The molecule has 0 bridgehead atoms. The van der Waals surface area contributed by atoms with Gasteiger partial charge in [0.1, 0.15) is 10.8 Å². The number of alkyl halides is 1. The van der Waals surface area contributed by atoms with Gasteiger partial charge < -0.3 is 10.5 Å². The maximum absolute atomic E-state index is 13.7. The molecule has 2 fully saturated rings. The molecule has 3 aliphatic rings. The molecule has 0 radical (unpaired) electrons. The van der Waals surface area contributed by atoms with Gasteiger partial charge in [0.05, 0.1) is 26.8 Å². The molecule has 5 rings (SSSR count). The normalized spacial score (nSPS) is 32.5. The first kappa shape index (κ1) is 25.9. The molecule has 0 spiro atoms. The Hall–Kier alpha value is -0.770. The average molecular weight is 689 g/mol. The van der Waals surface area contributed by atoms with Crippen LogP contribution < -0.4 is 10.5 Å². The van der Waals surface area contributed by atoms with Crippen LogP contribution in [0.15, 0.2) is 21.2 Å². The summed E-state index contributed by atoms with van der Waals surface area (Å²) < 4.78 is 7.60. The van der Waals surface area contributed by atoms with E-state index < -0.39 is 5.92 Å². The lowest BCUT2D eigenvalue weighted by molar-refractivity contribution is -0.129. The molecule has 5 unspecified atom stereocenters. The summed E-state index contributed by atoms with van der Waals surface area (Å²) in [5.74, 6) is 1.25. The summed E-state index contributed by atoms with van der Waals surface area (Å²) in [5, 5.41) is 0.761. The molecule has 5 nitrogen and oxygen atoms in total. The highest BCUT2D eigenvalue weighted by Gasteiger charge is 2.62. The molecule has 2 saturated carbocycles. The number of amides is 1. The Bertz CT molecular complexity index is 1200. The smallest absolute Gasteiger partial charge is 0.227 e. The fraction of sp³-hybridized carbons (Fsp3) is 0.577. The number of ketones is 1. The number of fused-ring (bicyclic) bond motifs is 5. The number of benzene rings is 1. The molecule has 2 N–H and O–H groups in total. The predicted molar refractivity (Wildman–Crippen MR) is 148 cm³/mol. The number of thiazole rings is 1. The number of halogens is 3. The monoisotopic (exact) mass is 686 g/mol. The predicted octanol–water partition coefficient (Wildman–Crippen LogP) is 6.67. The van der Waals surface area contributed by atoms with E-state index in [-0.39, 0.29) is 33.8 Å². The first-order valence-electron chi connectivity index (χ1n) is 12.0. The van der Waals surface area contributed by atoms with E-state index in [0.717, 1.165) is 50.3 Å². The fourth-order valence-corrected chi connectivity index (χ4v) is 10.9. The lowest BCUT2D eigenvalue weighted by Gasteiger charge is -2.50. The zero-order valence-corrected chi connectivity index (χ0v) is 25.5. The third-order valence-corrected chi connectivity index (χ3v) is 12.3. The van der Waals surface area contributed by atoms with Gasteiger partial charge in [-0.3, -0.25) is 9.59 Å². The van der Waals surface area contributed by atoms with Crippen molar-refractivity contribution in [1.82, 2.24) is 4.98 Å². The van der Waals surface area contributed by atoms with Crippen molar-refractivity contribution in [3.63, 3.8) is 0 Å². The van der Waals surface area contributed by atoms with Crippen LogP contribution in [0.5, 0.6) is 5.75 Å². The van der Waals surface area contributed by atoms with Gasteiger partial charge >= 0.3 is 0 Å². The van der Waals surface area contributed by atoms with Crippen LogP contribution in [0.4, 0.5) is 0 Å². The van der Waals surface area contributed by atoms with Crippen LogP contribution in [0.25, 0.3) is 0 Å². The maximum Gasteiger partial charge on any atom is 0.227 e. The first-order valence-corrected chi connectivity index (χ1v) is 15.3. The molecule has 1 aromatic heterocycles. The van der Waals surface area contributed by atoms with E-state index in [9.17, 15) is 9.59 Å². The molecule has 3 aliphatic carbocycles. The molecular weight excluding hydrogens is 660 g/mol. The molecule has 2 aromatic rings. The van der Waals surface area contributed by atoms with Crippen LogP contribution in [0.1, 0.15) is 65.5 Å². The van der Waals surface area contributed by atoms with Crippen molar-refractivity contribution in [3.05, 3.63) is 42.2 Å². The number of primary amides is 1. The minimum atomic E-state index is -0.474. The molecular formula is C26H29Br3N2O3S. The minimum absolute atomic E-state index is 0.0358. The third-order valence-electron chi connectivity index (χ3n) is 8.77. The fourth-order valence-electron chi connectivity index (χ4n) is 7.25. The SMILES string of the molecule is COc1c(Br)cc2c(c1Br)CCC1C2CC[C@]2(C)C(=O)C(Br)[C@@H](CC(C(N)=O)c3ncc(C)s3)C12. The number of aryl methyl sites for hydroxylation is 1. The number of carbonyl (C=O) groups is 2. The highest BCUT2D eigenvalue weighted by molar-refractivity contribution is 9.11. The van der Waals surface area contributed by atoms with Crippen molar-refractivity contribution in [2.24, 2.45) is 28.9 Å². The second-order valence-electron chi connectivity index (χ2n) is 10.5. The number of ether oxygens (including phenoxy) is 1. The van der Waals surface area contributed by atoms with Gasteiger partial charge in [0.2, 0.25) is 5.91 Å². The lowest BCUT2D eigenvalue weighted by atomic mass is 9.53. The molecule has 0 aliphatic heterocycles. The Labute approximate surface area is 235 Å². The topological polar surface area (TPSA) is 82.3 Å². The first-order chi connectivity index (χ1) is 16.6. The van der Waals surface area contributed by atoms with Crippen molar-refractivity contribution in [3.8, 4) is 5.75 Å². The van der Waals surface area contributed by atoms with Crippen molar-refractivity contribution >= 4 is 70.8 Å². The Balaban J connectivity index is 1.54. The highest BCUT2D eigenvalue weighted by atomic mass is 79.9. The molecule has 9 heteroatoms. The number of nitrogens with two attached hydrogens (primary N) is 1. The summed E-state index contributed by atoms with van der Waals surface area (Å²) in [6.45, 7) is 4.14. The molecule has 7 atom stereocenters.